The summed E-state index contributed by atoms with van der Waals surface area (Å²) in [5, 5.41) is 4.16. The van der Waals surface area contributed by atoms with Crippen LogP contribution in [0.4, 0.5) is 0 Å². The van der Waals surface area contributed by atoms with E-state index in [9.17, 15) is 14.4 Å². The van der Waals surface area contributed by atoms with Crippen molar-refractivity contribution < 1.29 is 14.3 Å². The molecule has 126 valence electrons. The fourth-order valence-corrected chi connectivity index (χ4v) is 3.17. The van der Waals surface area contributed by atoms with Crippen LogP contribution in [-0.4, -0.2) is 69.3 Å². The highest BCUT2D eigenvalue weighted by Gasteiger charge is 2.37. The van der Waals surface area contributed by atoms with Gasteiger partial charge in [-0.15, -0.1) is 0 Å². The Hall–Kier alpha value is -2.16. The van der Waals surface area contributed by atoms with E-state index in [2.05, 4.69) is 5.10 Å². The number of nitrogens with zero attached hydrogens (tertiary/aromatic N) is 5. The third kappa shape index (κ3) is 2.88. The highest BCUT2D eigenvalue weighted by atomic mass is 16.5. The van der Waals surface area contributed by atoms with Gasteiger partial charge in [0, 0.05) is 46.8 Å². The summed E-state index contributed by atoms with van der Waals surface area (Å²) < 4.78 is 7.86. The second-order valence-corrected chi connectivity index (χ2v) is 5.97. The van der Waals surface area contributed by atoms with Gasteiger partial charge in [-0.1, -0.05) is 0 Å². The molecule has 0 spiro atoms. The minimum atomic E-state index is -0.318. The van der Waals surface area contributed by atoms with Gasteiger partial charge in [0.15, 0.2) is 5.82 Å². The quantitative estimate of drug-likeness (QED) is 0.667. The molecule has 2 aliphatic heterocycles. The molecule has 0 saturated carbocycles. The SMILES string of the molecule is COCCN1CC(C(=O)N2CCn3c(nn(C)c3=O)C2)CC1=O. The summed E-state index contributed by atoms with van der Waals surface area (Å²) in [5.74, 6) is 0.230. The first-order valence-electron chi connectivity index (χ1n) is 7.69. The predicted molar refractivity (Wildman–Crippen MR) is 79.4 cm³/mol. The Morgan fingerprint density at radius 2 is 2.13 bits per heavy atom. The van der Waals surface area contributed by atoms with Crippen LogP contribution < -0.4 is 5.69 Å². The molecule has 2 aliphatic rings. The fraction of sp³-hybridized carbons (Fsp3) is 0.714. The van der Waals surface area contributed by atoms with Crippen molar-refractivity contribution in [2.24, 2.45) is 13.0 Å². The maximum atomic E-state index is 12.7. The fourth-order valence-electron chi connectivity index (χ4n) is 3.17. The molecular formula is C14H21N5O4. The summed E-state index contributed by atoms with van der Waals surface area (Å²) in [6, 6.07) is 0. The third-order valence-electron chi connectivity index (χ3n) is 4.45. The topological polar surface area (TPSA) is 89.7 Å². The van der Waals surface area contributed by atoms with Gasteiger partial charge < -0.3 is 14.5 Å². The normalized spacial score (nSPS) is 21.0. The lowest BCUT2D eigenvalue weighted by molar-refractivity contribution is -0.137. The molecule has 0 bridgehead atoms. The number of carbonyl (C=O) groups excluding carboxylic acids is 2. The van der Waals surface area contributed by atoms with Gasteiger partial charge in [0.1, 0.15) is 0 Å². The first-order valence-corrected chi connectivity index (χ1v) is 7.69. The zero-order valence-corrected chi connectivity index (χ0v) is 13.4. The van der Waals surface area contributed by atoms with Crippen molar-refractivity contribution in [3.63, 3.8) is 0 Å². The number of aryl methyl sites for hydroxylation is 1. The molecule has 0 N–H and O–H groups in total. The lowest BCUT2D eigenvalue weighted by atomic mass is 10.1. The number of carbonyl (C=O) groups is 2. The molecule has 1 saturated heterocycles. The average Bonchev–Trinajstić information content (AvgIpc) is 3.05. The number of ether oxygens (including phenoxy) is 1. The summed E-state index contributed by atoms with van der Waals surface area (Å²) in [5.41, 5.74) is -0.158. The Kier molecular flexibility index (Phi) is 4.20. The number of hydrogen-bond donors (Lipinski definition) is 0. The van der Waals surface area contributed by atoms with Crippen LogP contribution in [0.15, 0.2) is 4.79 Å². The zero-order valence-electron chi connectivity index (χ0n) is 13.4. The number of aromatic nitrogens is 3. The van der Waals surface area contributed by atoms with E-state index in [1.165, 1.54) is 4.68 Å². The summed E-state index contributed by atoms with van der Waals surface area (Å²) in [6.07, 6.45) is 0.244. The third-order valence-corrected chi connectivity index (χ3v) is 4.45. The molecule has 2 amide bonds. The van der Waals surface area contributed by atoms with Gasteiger partial charge in [0.2, 0.25) is 11.8 Å². The molecule has 1 aromatic rings. The smallest absolute Gasteiger partial charge is 0.345 e. The van der Waals surface area contributed by atoms with Gasteiger partial charge in [0.05, 0.1) is 19.1 Å². The van der Waals surface area contributed by atoms with E-state index in [0.29, 0.717) is 45.2 Å². The summed E-state index contributed by atoms with van der Waals surface area (Å²) >= 11 is 0. The van der Waals surface area contributed by atoms with Crippen molar-refractivity contribution in [3.8, 4) is 0 Å². The maximum Gasteiger partial charge on any atom is 0.345 e. The molecular weight excluding hydrogens is 302 g/mol. The number of likely N-dealkylation sites (tertiary alicyclic amines) is 1. The van der Waals surface area contributed by atoms with Gasteiger partial charge in [-0.3, -0.25) is 14.2 Å². The highest BCUT2D eigenvalue weighted by Crippen LogP contribution is 2.21. The van der Waals surface area contributed by atoms with E-state index in [1.807, 2.05) is 0 Å². The number of fused-ring (bicyclic) bond motifs is 1. The second-order valence-electron chi connectivity index (χ2n) is 5.97. The van der Waals surface area contributed by atoms with Crippen LogP contribution in [0.2, 0.25) is 0 Å². The van der Waals surface area contributed by atoms with Gasteiger partial charge >= 0.3 is 5.69 Å². The number of rotatable bonds is 4. The molecule has 1 unspecified atom stereocenters. The van der Waals surface area contributed by atoms with Crippen molar-refractivity contribution >= 4 is 11.8 Å². The van der Waals surface area contributed by atoms with Crippen LogP contribution in [0, 0.1) is 5.92 Å². The van der Waals surface area contributed by atoms with Crippen LogP contribution in [0.25, 0.3) is 0 Å². The largest absolute Gasteiger partial charge is 0.383 e. The molecule has 1 atom stereocenters. The Morgan fingerprint density at radius 3 is 2.87 bits per heavy atom. The van der Waals surface area contributed by atoms with Crippen LogP contribution in [-0.2, 0) is 34.5 Å². The van der Waals surface area contributed by atoms with E-state index in [1.54, 1.807) is 28.5 Å². The molecule has 1 fully saturated rings. The lowest BCUT2D eigenvalue weighted by Gasteiger charge is -2.28. The number of hydrogen-bond acceptors (Lipinski definition) is 5. The molecule has 0 radical (unpaired) electrons. The molecule has 3 rings (SSSR count). The van der Waals surface area contributed by atoms with Crippen molar-refractivity contribution in [1.82, 2.24) is 24.1 Å². The first-order chi connectivity index (χ1) is 11.0. The van der Waals surface area contributed by atoms with E-state index < -0.39 is 0 Å². The zero-order chi connectivity index (χ0) is 16.6. The molecule has 9 heteroatoms. The monoisotopic (exact) mass is 323 g/mol. The second kappa shape index (κ2) is 6.15. The maximum absolute atomic E-state index is 12.7. The molecule has 0 aliphatic carbocycles. The van der Waals surface area contributed by atoms with Gasteiger partial charge in [-0.2, -0.15) is 5.10 Å². The summed E-state index contributed by atoms with van der Waals surface area (Å²) in [7, 11) is 3.19. The Morgan fingerprint density at radius 1 is 1.35 bits per heavy atom. The minimum Gasteiger partial charge on any atom is -0.383 e. The summed E-state index contributed by atoms with van der Waals surface area (Å²) in [6.45, 7) is 2.65. The first kappa shape index (κ1) is 15.7. The van der Waals surface area contributed by atoms with Crippen LogP contribution in [0.1, 0.15) is 12.2 Å². The standard InChI is InChI=1S/C14H21N5O4/c1-16-14(22)19-4-3-18(9-11(19)15-16)13(21)10-7-12(20)17(8-10)5-6-23-2/h10H,3-9H2,1-2H3. The van der Waals surface area contributed by atoms with E-state index in [0.717, 1.165) is 0 Å². The molecule has 1 aromatic heterocycles. The molecule has 0 aromatic carbocycles. The lowest BCUT2D eigenvalue weighted by Crippen LogP contribution is -2.44. The van der Waals surface area contributed by atoms with Crippen molar-refractivity contribution in [3.05, 3.63) is 16.3 Å². The molecule has 3 heterocycles. The van der Waals surface area contributed by atoms with E-state index >= 15 is 0 Å². The predicted octanol–water partition coefficient (Wildman–Crippen LogP) is -1.58. The minimum absolute atomic E-state index is 0.00726. The van der Waals surface area contributed by atoms with Crippen molar-refractivity contribution in [2.45, 2.75) is 19.5 Å². The van der Waals surface area contributed by atoms with Crippen molar-refractivity contribution in [2.75, 3.05) is 33.4 Å². The highest BCUT2D eigenvalue weighted by molar-refractivity contribution is 5.89. The Labute approximate surface area is 133 Å². The van der Waals surface area contributed by atoms with E-state index in [-0.39, 0.29) is 29.8 Å². The van der Waals surface area contributed by atoms with Crippen LogP contribution >= 0.6 is 0 Å². The molecule has 9 nitrogen and oxygen atoms in total. The van der Waals surface area contributed by atoms with Crippen molar-refractivity contribution in [1.29, 1.82) is 0 Å². The van der Waals surface area contributed by atoms with Gasteiger partial charge in [-0.05, 0) is 0 Å². The van der Waals surface area contributed by atoms with Gasteiger partial charge in [-0.25, -0.2) is 9.48 Å². The Bertz CT molecular complexity index is 679. The van der Waals surface area contributed by atoms with Crippen LogP contribution in [0.5, 0.6) is 0 Å². The summed E-state index contributed by atoms with van der Waals surface area (Å²) in [4.78, 5) is 39.8. The number of amides is 2. The molecule has 23 heavy (non-hydrogen) atoms. The van der Waals surface area contributed by atoms with Gasteiger partial charge in [0.25, 0.3) is 0 Å². The van der Waals surface area contributed by atoms with E-state index in [4.69, 9.17) is 4.74 Å². The van der Waals surface area contributed by atoms with Crippen LogP contribution in [0.3, 0.4) is 0 Å². The average molecular weight is 323 g/mol. The number of methoxy groups -OCH3 is 1. The Balaban J connectivity index is 1.66.